The number of aliphatic hydroxyl groups is 5. The van der Waals surface area contributed by atoms with Gasteiger partial charge in [-0.2, -0.15) is 0 Å². The first-order chi connectivity index (χ1) is 30.9. The van der Waals surface area contributed by atoms with Crippen molar-refractivity contribution in [3.05, 3.63) is 59.8 Å². The summed E-state index contributed by atoms with van der Waals surface area (Å²) in [6, 6.07) is 0. The number of carbonyl (C=O) groups excluding carboxylic acids is 1. The van der Waals surface area contributed by atoms with Crippen LogP contribution in [0.15, 0.2) is 59.8 Å². The second kappa shape index (κ2) is 21.1. The summed E-state index contributed by atoms with van der Waals surface area (Å²) in [6.07, 6.45) is 14.4. The first-order valence-corrected chi connectivity index (χ1v) is 24.5. The fraction of sp³-hybridized carbons (Fsp3) is 0.784. The molecular weight excluding hydrogens is 837 g/mol. The number of fused-ring (bicyclic) bond motifs is 1. The molecular formula is C51H78O14. The Hall–Kier alpha value is -2.31. The van der Waals surface area contributed by atoms with Gasteiger partial charge in [-0.15, -0.1) is 0 Å². The summed E-state index contributed by atoms with van der Waals surface area (Å²) in [4.78, 5) is 13.0. The summed E-state index contributed by atoms with van der Waals surface area (Å²) in [5.41, 5.74) is 0.328. The summed E-state index contributed by atoms with van der Waals surface area (Å²) in [5.74, 6) is -3.31. The highest BCUT2D eigenvalue weighted by molar-refractivity contribution is 5.78. The van der Waals surface area contributed by atoms with Gasteiger partial charge in [-0.05, 0) is 108 Å². The second-order valence-electron chi connectivity index (χ2n) is 20.8. The van der Waals surface area contributed by atoms with E-state index in [1.54, 1.807) is 25.2 Å². The molecule has 65 heavy (non-hydrogen) atoms. The van der Waals surface area contributed by atoms with Crippen LogP contribution >= 0.6 is 0 Å². The number of carbonyl (C=O) groups is 1. The summed E-state index contributed by atoms with van der Waals surface area (Å²) in [7, 11) is 0. The average Bonchev–Trinajstić information content (AvgIpc) is 3.67. The highest BCUT2D eigenvalue weighted by Crippen LogP contribution is 2.47. The molecule has 0 radical (unpaired) electrons. The number of aliphatic hydroxyl groups excluding tert-OH is 4. The molecule has 6 saturated heterocycles. The molecule has 2 unspecified atom stereocenters. The third-order valence-corrected chi connectivity index (χ3v) is 15.0. The van der Waals surface area contributed by atoms with Crippen LogP contribution in [-0.2, 0) is 42.7 Å². The van der Waals surface area contributed by atoms with Crippen LogP contribution in [0.5, 0.6) is 0 Å². The number of allylic oxidation sites excluding steroid dienone is 2. The van der Waals surface area contributed by atoms with Crippen molar-refractivity contribution in [1.29, 1.82) is 0 Å². The lowest BCUT2D eigenvalue weighted by molar-refractivity contribution is -0.321. The van der Waals surface area contributed by atoms with E-state index in [0.717, 1.165) is 56.3 Å². The maximum Gasteiger partial charge on any atom is 0.338 e. The van der Waals surface area contributed by atoms with E-state index in [-0.39, 0.29) is 49.8 Å². The zero-order chi connectivity index (χ0) is 46.7. The van der Waals surface area contributed by atoms with Crippen molar-refractivity contribution in [2.24, 2.45) is 17.8 Å². The Bertz CT molecular complexity index is 1770. The Morgan fingerprint density at radius 1 is 1.02 bits per heavy atom. The highest BCUT2D eigenvalue weighted by atomic mass is 16.7. The molecule has 0 aromatic carbocycles. The van der Waals surface area contributed by atoms with E-state index in [4.69, 9.17) is 43.0 Å². The molecule has 7 heterocycles. The molecule has 14 heteroatoms. The van der Waals surface area contributed by atoms with Crippen LogP contribution in [0.25, 0.3) is 0 Å². The molecule has 7 rings (SSSR count). The lowest BCUT2D eigenvalue weighted by atomic mass is 9.79. The van der Waals surface area contributed by atoms with Crippen LogP contribution < -0.4 is 0 Å². The second-order valence-corrected chi connectivity index (χ2v) is 20.8. The third-order valence-electron chi connectivity index (χ3n) is 15.0. The summed E-state index contributed by atoms with van der Waals surface area (Å²) < 4.78 is 51.1. The molecule has 0 aromatic rings. The van der Waals surface area contributed by atoms with Crippen LogP contribution in [0.2, 0.25) is 0 Å². The van der Waals surface area contributed by atoms with Crippen LogP contribution in [0.3, 0.4) is 0 Å². The van der Waals surface area contributed by atoms with Gasteiger partial charge in [0.05, 0.1) is 49.8 Å². The zero-order valence-corrected chi connectivity index (χ0v) is 39.6. The van der Waals surface area contributed by atoms with E-state index in [1.165, 1.54) is 6.92 Å². The first-order valence-electron chi connectivity index (χ1n) is 24.5. The van der Waals surface area contributed by atoms with E-state index in [1.807, 2.05) is 19.1 Å². The van der Waals surface area contributed by atoms with Crippen molar-refractivity contribution < 1.29 is 68.2 Å². The molecule has 14 nitrogen and oxygen atoms in total. The Labute approximate surface area is 386 Å². The van der Waals surface area contributed by atoms with Gasteiger partial charge in [-0.1, -0.05) is 63.3 Å². The number of rotatable bonds is 14. The van der Waals surface area contributed by atoms with Crippen LogP contribution in [-0.4, -0.2) is 135 Å². The zero-order valence-electron chi connectivity index (χ0n) is 39.6. The van der Waals surface area contributed by atoms with E-state index in [9.17, 15) is 25.2 Å². The molecule has 366 valence electrons. The van der Waals surface area contributed by atoms with Gasteiger partial charge in [0.1, 0.15) is 31.0 Å². The van der Waals surface area contributed by atoms with Gasteiger partial charge in [-0.3, -0.25) is 0 Å². The molecule has 6 fully saturated rings. The van der Waals surface area contributed by atoms with Gasteiger partial charge in [-0.25, -0.2) is 4.79 Å². The van der Waals surface area contributed by atoms with E-state index in [2.05, 4.69) is 33.4 Å². The monoisotopic (exact) mass is 915 g/mol. The van der Waals surface area contributed by atoms with Crippen LogP contribution in [0.4, 0.5) is 0 Å². The molecule has 5 N–H and O–H groups in total. The van der Waals surface area contributed by atoms with Crippen molar-refractivity contribution in [3.8, 4) is 0 Å². The fourth-order valence-corrected chi connectivity index (χ4v) is 11.2. The molecule has 0 amide bonds. The average molecular weight is 915 g/mol. The van der Waals surface area contributed by atoms with Crippen LogP contribution in [0.1, 0.15) is 131 Å². The maximum atomic E-state index is 13.0. The Morgan fingerprint density at radius 3 is 2.54 bits per heavy atom. The van der Waals surface area contributed by atoms with Crippen molar-refractivity contribution in [3.63, 3.8) is 0 Å². The molecule has 0 saturated carbocycles. The number of hydrogen-bond acceptors (Lipinski definition) is 14. The summed E-state index contributed by atoms with van der Waals surface area (Å²) in [5, 5.41) is 54.6. The number of hydrogen-bond donors (Lipinski definition) is 5. The summed E-state index contributed by atoms with van der Waals surface area (Å²) in [6.45, 7) is 16.4. The van der Waals surface area contributed by atoms with E-state index >= 15 is 0 Å². The minimum atomic E-state index is -1.84. The maximum absolute atomic E-state index is 13.0. The smallest absolute Gasteiger partial charge is 0.338 e. The van der Waals surface area contributed by atoms with Crippen molar-refractivity contribution in [1.82, 2.24) is 0 Å². The van der Waals surface area contributed by atoms with Crippen molar-refractivity contribution in [2.45, 2.75) is 215 Å². The lowest BCUT2D eigenvalue weighted by Crippen LogP contribution is -2.60. The molecule has 7 aliphatic rings. The van der Waals surface area contributed by atoms with Gasteiger partial charge >= 0.3 is 5.97 Å². The topological polar surface area (TPSA) is 192 Å². The summed E-state index contributed by atoms with van der Waals surface area (Å²) >= 11 is 0. The van der Waals surface area contributed by atoms with Gasteiger partial charge < -0.3 is 63.4 Å². The molecule has 0 bridgehead atoms. The largest absolute Gasteiger partial charge is 0.459 e. The molecule has 3 spiro atoms. The van der Waals surface area contributed by atoms with Gasteiger partial charge in [0.15, 0.2) is 17.2 Å². The number of esters is 1. The van der Waals surface area contributed by atoms with Crippen molar-refractivity contribution in [2.75, 3.05) is 19.8 Å². The minimum absolute atomic E-state index is 0.00750. The minimum Gasteiger partial charge on any atom is -0.459 e. The Balaban J connectivity index is 0.901. The number of ether oxygens (including phenoxy) is 8. The lowest BCUT2D eigenvalue weighted by Gasteiger charge is -2.50. The molecule has 0 aliphatic carbocycles. The normalized spacial score (nSPS) is 41.7. The quantitative estimate of drug-likeness (QED) is 0.0756. The predicted octanol–water partition coefficient (Wildman–Crippen LogP) is 6.17. The van der Waals surface area contributed by atoms with Crippen LogP contribution in [0, 0.1) is 17.8 Å². The highest BCUT2D eigenvalue weighted by Gasteiger charge is 2.55. The van der Waals surface area contributed by atoms with E-state index < -0.39 is 71.7 Å². The van der Waals surface area contributed by atoms with E-state index in [0.29, 0.717) is 56.4 Å². The first kappa shape index (κ1) is 50.6. The fourth-order valence-electron chi connectivity index (χ4n) is 11.2. The molecule has 17 atom stereocenters. The predicted molar refractivity (Wildman–Crippen MR) is 241 cm³/mol. The van der Waals surface area contributed by atoms with Gasteiger partial charge in [0, 0.05) is 38.0 Å². The standard InChI is InChI=1S/C51H78O14/c1-31(12-8-10-24-52)30-58-47(56)48(7,57)29-38-15-16-42(54)51(62-38)28-32(2)26-41(63-51)33(3)13-14-37-18-22-50(61-37)23-19-40-46(65-50)43(55)36(6)45(60-40)39(53)27-35(5)44-34(4)17-21-49(64-44)20-9-11-25-59-49/h8,10,12-14,28,33-35,37-46,52-55,57H,6,9,11,15-27,29-30H2,1-5,7H3/b10-8+,14-13+,31-12+/t33-,34-,35+,37+,38?,39+,40-,41+,42-,43-,44?,45+,46-,48-,49+,50-,51-/m1/s1. The Morgan fingerprint density at radius 2 is 1.78 bits per heavy atom. The third kappa shape index (κ3) is 11.8. The SMILES string of the molecule is C=C1[C@@H](O)[C@@H]2O[C@]3(CC[C@H](/C=C/[C@@H](C)[C@@H]4CC(C)=C[C@@]5(OC(C[C@@](C)(O)C(=O)OC/C(C)=C/C=C/CO)CC[C@H]5O)O4)O3)CC[C@H]2O[C@@H]1[C@@H](O)C[C@H](C)C1O[C@@]2(CCCCO2)CC[C@H]1C. The molecule has 0 aromatic heterocycles. The Kier molecular flexibility index (Phi) is 16.4. The van der Waals surface area contributed by atoms with Gasteiger partial charge in [0.2, 0.25) is 5.79 Å². The van der Waals surface area contributed by atoms with Crippen molar-refractivity contribution >= 4 is 5.97 Å². The molecule has 7 aliphatic heterocycles. The van der Waals surface area contributed by atoms with Gasteiger partial charge in [0.25, 0.3) is 0 Å².